The SMILES string of the molecule is CC[C@@H](C)[C@H](NC(=O)COC(=O)c1cc(Cl)c2c(c1)OCCO2)C(=O)OC. The van der Waals surface area contributed by atoms with Gasteiger partial charge in [0.1, 0.15) is 19.3 Å². The Hall–Kier alpha value is -2.48. The predicted octanol–water partition coefficient (Wildman–Crippen LogP) is 1.97. The first kappa shape index (κ1) is 20.8. The fourth-order valence-electron chi connectivity index (χ4n) is 2.45. The first-order valence-electron chi connectivity index (χ1n) is 8.50. The molecule has 1 aromatic rings. The maximum Gasteiger partial charge on any atom is 0.338 e. The van der Waals surface area contributed by atoms with E-state index >= 15 is 0 Å². The molecule has 0 aliphatic carbocycles. The Morgan fingerprint density at radius 3 is 2.63 bits per heavy atom. The molecule has 1 N–H and O–H groups in total. The molecule has 1 amide bonds. The second-order valence-electron chi connectivity index (χ2n) is 6.01. The van der Waals surface area contributed by atoms with Gasteiger partial charge in [-0.25, -0.2) is 9.59 Å². The third-order valence-corrected chi connectivity index (χ3v) is 4.43. The first-order chi connectivity index (χ1) is 12.9. The largest absolute Gasteiger partial charge is 0.486 e. The topological polar surface area (TPSA) is 100 Å². The van der Waals surface area contributed by atoms with Crippen LogP contribution in [0.4, 0.5) is 0 Å². The Labute approximate surface area is 162 Å². The lowest BCUT2D eigenvalue weighted by molar-refractivity contribution is -0.147. The van der Waals surface area contributed by atoms with Crippen molar-refractivity contribution in [3.8, 4) is 11.5 Å². The smallest absolute Gasteiger partial charge is 0.338 e. The molecule has 0 aromatic heterocycles. The summed E-state index contributed by atoms with van der Waals surface area (Å²) < 4.78 is 20.5. The van der Waals surface area contributed by atoms with Crippen molar-refractivity contribution in [2.45, 2.75) is 26.3 Å². The van der Waals surface area contributed by atoms with E-state index in [-0.39, 0.29) is 16.5 Å². The van der Waals surface area contributed by atoms with Crippen molar-refractivity contribution in [3.05, 3.63) is 22.7 Å². The second kappa shape index (κ2) is 9.45. The van der Waals surface area contributed by atoms with Crippen molar-refractivity contribution in [1.29, 1.82) is 0 Å². The lowest BCUT2D eigenvalue weighted by Gasteiger charge is -2.22. The number of esters is 2. The monoisotopic (exact) mass is 399 g/mol. The second-order valence-corrected chi connectivity index (χ2v) is 6.42. The Morgan fingerprint density at radius 2 is 1.96 bits per heavy atom. The van der Waals surface area contributed by atoms with Crippen LogP contribution in [0.2, 0.25) is 5.02 Å². The number of hydrogen-bond donors (Lipinski definition) is 1. The van der Waals surface area contributed by atoms with Gasteiger partial charge in [-0.1, -0.05) is 31.9 Å². The summed E-state index contributed by atoms with van der Waals surface area (Å²) in [5.74, 6) is -1.33. The van der Waals surface area contributed by atoms with E-state index < -0.39 is 30.5 Å². The number of hydrogen-bond acceptors (Lipinski definition) is 7. The van der Waals surface area contributed by atoms with Gasteiger partial charge in [0.05, 0.1) is 17.7 Å². The summed E-state index contributed by atoms with van der Waals surface area (Å²) in [4.78, 5) is 36.1. The van der Waals surface area contributed by atoms with Gasteiger partial charge in [-0.2, -0.15) is 0 Å². The molecule has 1 heterocycles. The highest BCUT2D eigenvalue weighted by Gasteiger charge is 2.27. The van der Waals surface area contributed by atoms with Crippen molar-refractivity contribution in [1.82, 2.24) is 5.32 Å². The number of methoxy groups -OCH3 is 1. The van der Waals surface area contributed by atoms with Gasteiger partial charge in [0.2, 0.25) is 0 Å². The van der Waals surface area contributed by atoms with E-state index in [9.17, 15) is 14.4 Å². The predicted molar refractivity (Wildman–Crippen MR) is 96.1 cm³/mol. The molecule has 0 unspecified atom stereocenters. The molecular formula is C18H22ClNO7. The van der Waals surface area contributed by atoms with Crippen LogP contribution in [0.25, 0.3) is 0 Å². The number of fused-ring (bicyclic) bond motifs is 1. The lowest BCUT2D eigenvalue weighted by atomic mass is 9.99. The molecule has 2 atom stereocenters. The summed E-state index contributed by atoms with van der Waals surface area (Å²) in [5, 5.41) is 2.74. The zero-order chi connectivity index (χ0) is 20.0. The molecule has 1 aliphatic rings. The number of carbonyl (C=O) groups excluding carboxylic acids is 3. The molecule has 0 fully saturated rings. The molecule has 0 radical (unpaired) electrons. The maximum atomic E-state index is 12.2. The van der Waals surface area contributed by atoms with E-state index in [2.05, 4.69) is 5.32 Å². The molecule has 9 heteroatoms. The molecule has 1 aliphatic heterocycles. The summed E-state index contributed by atoms with van der Waals surface area (Å²) in [5.41, 5.74) is 0.128. The van der Waals surface area contributed by atoms with Crippen LogP contribution < -0.4 is 14.8 Å². The third kappa shape index (κ3) is 5.26. The van der Waals surface area contributed by atoms with Crippen molar-refractivity contribution < 1.29 is 33.3 Å². The van der Waals surface area contributed by atoms with Crippen molar-refractivity contribution in [2.75, 3.05) is 26.9 Å². The quantitative estimate of drug-likeness (QED) is 0.699. The number of benzene rings is 1. The third-order valence-electron chi connectivity index (χ3n) is 4.15. The van der Waals surface area contributed by atoms with Gasteiger partial charge in [-0.3, -0.25) is 4.79 Å². The molecule has 1 aromatic carbocycles. The average Bonchev–Trinajstić information content (AvgIpc) is 2.68. The van der Waals surface area contributed by atoms with Crippen LogP contribution >= 0.6 is 11.6 Å². The van der Waals surface area contributed by atoms with Crippen LogP contribution in [0.5, 0.6) is 11.5 Å². The molecule has 0 saturated heterocycles. The number of ether oxygens (including phenoxy) is 4. The molecule has 0 saturated carbocycles. The van der Waals surface area contributed by atoms with Gasteiger partial charge in [0, 0.05) is 0 Å². The first-order valence-corrected chi connectivity index (χ1v) is 8.88. The minimum atomic E-state index is -0.810. The van der Waals surface area contributed by atoms with E-state index in [0.717, 1.165) is 0 Å². The van der Waals surface area contributed by atoms with E-state index in [0.29, 0.717) is 31.1 Å². The van der Waals surface area contributed by atoms with Gasteiger partial charge >= 0.3 is 11.9 Å². The summed E-state index contributed by atoms with van der Waals surface area (Å²) in [6.07, 6.45) is 0.662. The Kier molecular flexibility index (Phi) is 7.29. The summed E-state index contributed by atoms with van der Waals surface area (Å²) >= 11 is 6.08. The Balaban J connectivity index is 1.97. The van der Waals surface area contributed by atoms with Crippen LogP contribution in [-0.4, -0.2) is 50.8 Å². The van der Waals surface area contributed by atoms with Crippen LogP contribution in [-0.2, 0) is 19.1 Å². The van der Waals surface area contributed by atoms with Gasteiger partial charge in [-0.15, -0.1) is 0 Å². The fourth-order valence-corrected chi connectivity index (χ4v) is 2.72. The molecule has 27 heavy (non-hydrogen) atoms. The summed E-state index contributed by atoms with van der Waals surface area (Å²) in [7, 11) is 1.25. The minimum Gasteiger partial charge on any atom is -0.486 e. The number of carbonyl (C=O) groups is 3. The van der Waals surface area contributed by atoms with Crippen molar-refractivity contribution >= 4 is 29.4 Å². The van der Waals surface area contributed by atoms with Crippen LogP contribution in [0.3, 0.4) is 0 Å². The van der Waals surface area contributed by atoms with Crippen molar-refractivity contribution in [2.24, 2.45) is 5.92 Å². The summed E-state index contributed by atoms with van der Waals surface area (Å²) in [6.45, 7) is 3.86. The molecule has 8 nitrogen and oxygen atoms in total. The Bertz CT molecular complexity index is 722. The van der Waals surface area contributed by atoms with Crippen LogP contribution in [0, 0.1) is 5.92 Å². The fraction of sp³-hybridized carbons (Fsp3) is 0.500. The zero-order valence-corrected chi connectivity index (χ0v) is 16.1. The number of rotatable bonds is 7. The molecule has 2 rings (SSSR count). The molecule has 0 bridgehead atoms. The summed E-state index contributed by atoms with van der Waals surface area (Å²) in [6, 6.07) is 2.01. The van der Waals surface area contributed by atoms with Crippen LogP contribution in [0.1, 0.15) is 30.6 Å². The average molecular weight is 400 g/mol. The lowest BCUT2D eigenvalue weighted by Crippen LogP contribution is -2.47. The number of amides is 1. The molecule has 148 valence electrons. The van der Waals surface area contributed by atoms with Gasteiger partial charge in [-0.05, 0) is 18.1 Å². The van der Waals surface area contributed by atoms with Crippen molar-refractivity contribution in [3.63, 3.8) is 0 Å². The Morgan fingerprint density at radius 1 is 1.26 bits per heavy atom. The van der Waals surface area contributed by atoms with Gasteiger partial charge in [0.15, 0.2) is 18.1 Å². The van der Waals surface area contributed by atoms with Gasteiger partial charge in [0.25, 0.3) is 5.91 Å². The highest BCUT2D eigenvalue weighted by molar-refractivity contribution is 6.32. The highest BCUT2D eigenvalue weighted by Crippen LogP contribution is 2.38. The molecule has 0 spiro atoms. The van der Waals surface area contributed by atoms with E-state index in [1.54, 1.807) is 0 Å². The highest BCUT2D eigenvalue weighted by atomic mass is 35.5. The van der Waals surface area contributed by atoms with Gasteiger partial charge < -0.3 is 24.3 Å². The zero-order valence-electron chi connectivity index (χ0n) is 15.4. The number of halogens is 1. The minimum absolute atomic E-state index is 0.128. The normalized spacial score (nSPS) is 14.7. The number of nitrogens with one attached hydrogen (secondary N) is 1. The standard InChI is InChI=1S/C18H22ClNO7/c1-4-10(2)15(18(23)24-3)20-14(21)9-27-17(22)11-7-12(19)16-13(8-11)25-5-6-26-16/h7-8,10,15H,4-6,9H2,1-3H3,(H,20,21)/t10-,15+/m1/s1. The van der Waals surface area contributed by atoms with Crippen LogP contribution in [0.15, 0.2) is 12.1 Å². The van der Waals surface area contributed by atoms with E-state index in [4.69, 9.17) is 30.5 Å². The van der Waals surface area contributed by atoms with E-state index in [1.807, 2.05) is 13.8 Å². The van der Waals surface area contributed by atoms with E-state index in [1.165, 1.54) is 19.2 Å². The maximum absolute atomic E-state index is 12.2. The molecular weight excluding hydrogens is 378 g/mol.